The highest BCUT2D eigenvalue weighted by Gasteiger charge is 2.08. The molecule has 27 heavy (non-hydrogen) atoms. The highest BCUT2D eigenvalue weighted by atomic mass is 16.2. The van der Waals surface area contributed by atoms with Gasteiger partial charge >= 0.3 is 6.03 Å². The van der Waals surface area contributed by atoms with Gasteiger partial charge in [0.1, 0.15) is 0 Å². The summed E-state index contributed by atoms with van der Waals surface area (Å²) in [5.41, 5.74) is 11.5. The first kappa shape index (κ1) is 16.7. The third kappa shape index (κ3) is 3.46. The molecule has 0 aliphatic carbocycles. The van der Waals surface area contributed by atoms with E-state index in [0.717, 1.165) is 27.9 Å². The van der Waals surface area contributed by atoms with Gasteiger partial charge in [0.25, 0.3) is 0 Å². The molecule has 0 aliphatic heterocycles. The van der Waals surface area contributed by atoms with Crippen LogP contribution >= 0.6 is 0 Å². The molecule has 4 rings (SSSR count). The monoisotopic (exact) mass is 357 g/mol. The standard InChI is InChI=1S/C21H19N5O/c1-14-4-8-16(9-5-14)24-21(27)25-17-10-6-15(7-11-17)18-3-2-12-26-19(18)13-23-20(26)22/h2-13H,1H3,(H2,22,23)(H2,24,25,27). The number of amides is 2. The summed E-state index contributed by atoms with van der Waals surface area (Å²) in [4.78, 5) is 16.3. The maximum Gasteiger partial charge on any atom is 0.323 e. The van der Waals surface area contributed by atoms with Crippen molar-refractivity contribution in [3.05, 3.63) is 78.6 Å². The van der Waals surface area contributed by atoms with Crippen LogP contribution in [0.3, 0.4) is 0 Å². The Kier molecular flexibility index (Phi) is 4.22. The molecule has 0 saturated carbocycles. The molecule has 0 radical (unpaired) electrons. The van der Waals surface area contributed by atoms with Gasteiger partial charge < -0.3 is 16.4 Å². The van der Waals surface area contributed by atoms with Crippen molar-refractivity contribution in [1.29, 1.82) is 0 Å². The molecule has 2 aromatic carbocycles. The molecule has 0 atom stereocenters. The Morgan fingerprint density at radius 3 is 2.26 bits per heavy atom. The SMILES string of the molecule is Cc1ccc(NC(=O)Nc2ccc(-c3cccn4c(N)ncc34)cc2)cc1. The van der Waals surface area contributed by atoms with Crippen LogP contribution in [0.2, 0.25) is 0 Å². The molecule has 0 bridgehead atoms. The first-order valence-corrected chi connectivity index (χ1v) is 8.57. The van der Waals surface area contributed by atoms with Crippen molar-refractivity contribution in [2.24, 2.45) is 0 Å². The Bertz CT molecular complexity index is 1100. The number of hydrogen-bond donors (Lipinski definition) is 3. The van der Waals surface area contributed by atoms with E-state index in [9.17, 15) is 4.79 Å². The summed E-state index contributed by atoms with van der Waals surface area (Å²) < 4.78 is 1.84. The average molecular weight is 357 g/mol. The number of nitrogens with one attached hydrogen (secondary N) is 2. The van der Waals surface area contributed by atoms with E-state index in [-0.39, 0.29) is 6.03 Å². The van der Waals surface area contributed by atoms with Gasteiger partial charge in [-0.2, -0.15) is 0 Å². The van der Waals surface area contributed by atoms with E-state index in [4.69, 9.17) is 5.73 Å². The lowest BCUT2D eigenvalue weighted by Crippen LogP contribution is -2.19. The maximum atomic E-state index is 12.2. The molecule has 4 N–H and O–H groups in total. The summed E-state index contributed by atoms with van der Waals surface area (Å²) in [5.74, 6) is 0.456. The second-order valence-electron chi connectivity index (χ2n) is 6.32. The van der Waals surface area contributed by atoms with Gasteiger partial charge in [-0.15, -0.1) is 0 Å². The van der Waals surface area contributed by atoms with Gasteiger partial charge in [0, 0.05) is 23.1 Å². The molecular weight excluding hydrogens is 338 g/mol. The molecule has 0 saturated heterocycles. The fourth-order valence-corrected chi connectivity index (χ4v) is 2.95. The van der Waals surface area contributed by atoms with Gasteiger partial charge in [-0.3, -0.25) is 4.40 Å². The third-order valence-corrected chi connectivity index (χ3v) is 4.36. The molecule has 6 nitrogen and oxygen atoms in total. The lowest BCUT2D eigenvalue weighted by Gasteiger charge is -2.09. The van der Waals surface area contributed by atoms with Crippen molar-refractivity contribution >= 4 is 28.9 Å². The van der Waals surface area contributed by atoms with Crippen LogP contribution in [-0.2, 0) is 0 Å². The molecular formula is C21H19N5O. The topological polar surface area (TPSA) is 84.5 Å². The van der Waals surface area contributed by atoms with Crippen molar-refractivity contribution in [3.8, 4) is 11.1 Å². The minimum atomic E-state index is -0.280. The normalized spacial score (nSPS) is 10.7. The summed E-state index contributed by atoms with van der Waals surface area (Å²) in [7, 11) is 0. The second kappa shape index (κ2) is 6.84. The molecule has 0 fully saturated rings. The van der Waals surface area contributed by atoms with E-state index in [2.05, 4.69) is 15.6 Å². The van der Waals surface area contributed by atoms with Gasteiger partial charge in [-0.1, -0.05) is 35.9 Å². The number of benzene rings is 2. The zero-order valence-electron chi connectivity index (χ0n) is 14.8. The number of aryl methyl sites for hydroxylation is 1. The number of anilines is 3. The van der Waals surface area contributed by atoms with Crippen LogP contribution in [0.1, 0.15) is 5.56 Å². The average Bonchev–Trinajstić information content (AvgIpc) is 3.06. The number of pyridine rings is 1. The molecule has 134 valence electrons. The maximum absolute atomic E-state index is 12.2. The number of urea groups is 1. The molecule has 2 amide bonds. The first-order valence-electron chi connectivity index (χ1n) is 8.57. The van der Waals surface area contributed by atoms with E-state index in [1.165, 1.54) is 0 Å². The Labute approximate surface area is 156 Å². The summed E-state index contributed by atoms with van der Waals surface area (Å²) >= 11 is 0. The Hall–Kier alpha value is -3.80. The molecule has 0 spiro atoms. The van der Waals surface area contributed by atoms with E-state index in [0.29, 0.717) is 11.6 Å². The van der Waals surface area contributed by atoms with Crippen molar-refractivity contribution < 1.29 is 4.79 Å². The predicted octanol–water partition coefficient (Wildman–Crippen LogP) is 4.54. The number of nitrogen functional groups attached to an aromatic ring is 1. The van der Waals surface area contributed by atoms with Gasteiger partial charge in [0.2, 0.25) is 5.95 Å². The number of carbonyl (C=O) groups excluding carboxylic acids is 1. The van der Waals surface area contributed by atoms with Crippen molar-refractivity contribution in [1.82, 2.24) is 9.38 Å². The molecule has 2 heterocycles. The minimum Gasteiger partial charge on any atom is -0.369 e. The number of fused-ring (bicyclic) bond motifs is 1. The van der Waals surface area contributed by atoms with E-state index in [1.54, 1.807) is 6.20 Å². The van der Waals surface area contributed by atoms with Crippen LogP contribution in [0, 0.1) is 6.92 Å². The molecule has 0 unspecified atom stereocenters. The zero-order chi connectivity index (χ0) is 18.8. The van der Waals surface area contributed by atoms with Gasteiger partial charge in [-0.25, -0.2) is 9.78 Å². The van der Waals surface area contributed by atoms with Crippen molar-refractivity contribution in [2.75, 3.05) is 16.4 Å². The lowest BCUT2D eigenvalue weighted by atomic mass is 10.1. The van der Waals surface area contributed by atoms with Crippen LogP contribution in [0.4, 0.5) is 22.1 Å². The Morgan fingerprint density at radius 2 is 1.59 bits per heavy atom. The fourth-order valence-electron chi connectivity index (χ4n) is 2.95. The zero-order valence-corrected chi connectivity index (χ0v) is 14.8. The third-order valence-electron chi connectivity index (χ3n) is 4.36. The van der Waals surface area contributed by atoms with Crippen molar-refractivity contribution in [3.63, 3.8) is 0 Å². The highest BCUT2D eigenvalue weighted by Crippen LogP contribution is 2.27. The molecule has 0 aliphatic rings. The van der Waals surface area contributed by atoms with Gasteiger partial charge in [0.15, 0.2) is 0 Å². The van der Waals surface area contributed by atoms with E-state index < -0.39 is 0 Å². The number of rotatable bonds is 3. The van der Waals surface area contributed by atoms with Crippen LogP contribution in [0.5, 0.6) is 0 Å². The van der Waals surface area contributed by atoms with Crippen LogP contribution in [0.15, 0.2) is 73.1 Å². The summed E-state index contributed by atoms with van der Waals surface area (Å²) in [6.45, 7) is 2.00. The second-order valence-corrected chi connectivity index (χ2v) is 6.32. The largest absolute Gasteiger partial charge is 0.369 e. The molecule has 6 heteroatoms. The molecule has 2 aromatic heterocycles. The summed E-state index contributed by atoms with van der Waals surface area (Å²) in [6.07, 6.45) is 3.64. The lowest BCUT2D eigenvalue weighted by molar-refractivity contribution is 0.262. The number of nitrogens with zero attached hydrogens (tertiary/aromatic N) is 2. The highest BCUT2D eigenvalue weighted by molar-refractivity contribution is 6.00. The predicted molar refractivity (Wildman–Crippen MR) is 109 cm³/mol. The van der Waals surface area contributed by atoms with E-state index in [1.807, 2.05) is 78.2 Å². The first-order chi connectivity index (χ1) is 13.1. The van der Waals surface area contributed by atoms with Crippen molar-refractivity contribution in [2.45, 2.75) is 6.92 Å². The minimum absolute atomic E-state index is 0.280. The number of aromatic nitrogens is 2. The number of nitrogens with two attached hydrogens (primary N) is 1. The van der Waals surface area contributed by atoms with Gasteiger partial charge in [-0.05, 0) is 42.8 Å². The van der Waals surface area contributed by atoms with Crippen LogP contribution < -0.4 is 16.4 Å². The van der Waals surface area contributed by atoms with E-state index >= 15 is 0 Å². The summed E-state index contributed by atoms with van der Waals surface area (Å²) in [5, 5.41) is 5.65. The number of imidazole rings is 1. The van der Waals surface area contributed by atoms with Crippen LogP contribution in [-0.4, -0.2) is 15.4 Å². The van der Waals surface area contributed by atoms with Crippen LogP contribution in [0.25, 0.3) is 16.6 Å². The van der Waals surface area contributed by atoms with Gasteiger partial charge in [0.05, 0.1) is 11.7 Å². The quantitative estimate of drug-likeness (QED) is 0.503. The Morgan fingerprint density at radius 1 is 0.963 bits per heavy atom. The number of carbonyl (C=O) groups is 1. The summed E-state index contributed by atoms with van der Waals surface area (Å²) in [6, 6.07) is 19.0. The number of hydrogen-bond acceptors (Lipinski definition) is 3. The Balaban J connectivity index is 1.50. The fraction of sp³-hybridized carbons (Fsp3) is 0.0476. The molecule has 4 aromatic rings. The smallest absolute Gasteiger partial charge is 0.323 e.